The van der Waals surface area contributed by atoms with Gasteiger partial charge in [0.15, 0.2) is 0 Å². The molecule has 0 aromatic rings. The van der Waals surface area contributed by atoms with E-state index in [1.165, 1.54) is 0 Å². The Hall–Kier alpha value is -0.810. The molecule has 5 nitrogen and oxygen atoms in total. The first-order valence-electron chi connectivity index (χ1n) is 5.60. The molecular formula is C11H21NO4. The molecule has 1 saturated heterocycles. The van der Waals surface area contributed by atoms with Crippen LogP contribution in [0.25, 0.3) is 0 Å². The molecule has 0 aliphatic carbocycles. The highest BCUT2D eigenvalue weighted by molar-refractivity contribution is 5.68. The van der Waals surface area contributed by atoms with Gasteiger partial charge in [-0.25, -0.2) is 4.79 Å². The minimum Gasteiger partial charge on any atom is -0.444 e. The summed E-state index contributed by atoms with van der Waals surface area (Å²) in [6, 6.07) is 0. The van der Waals surface area contributed by atoms with Crippen molar-refractivity contribution in [1.29, 1.82) is 0 Å². The van der Waals surface area contributed by atoms with Crippen LogP contribution in [-0.4, -0.2) is 52.6 Å². The van der Waals surface area contributed by atoms with Crippen LogP contribution < -0.4 is 0 Å². The highest BCUT2D eigenvalue weighted by Crippen LogP contribution is 2.21. The molecular weight excluding hydrogens is 210 g/mol. The molecule has 0 spiro atoms. The lowest BCUT2D eigenvalue weighted by molar-refractivity contribution is 0.0230. The molecule has 1 rings (SSSR count). The number of carbonyl (C=O) groups is 1. The van der Waals surface area contributed by atoms with Gasteiger partial charge in [-0.3, -0.25) is 0 Å². The van der Waals surface area contributed by atoms with Gasteiger partial charge in [0.1, 0.15) is 5.60 Å². The van der Waals surface area contributed by atoms with Crippen molar-refractivity contribution >= 4 is 6.09 Å². The molecule has 2 N–H and O–H groups in total. The quantitative estimate of drug-likeness (QED) is 0.730. The number of ether oxygens (including phenoxy) is 1. The molecule has 2 atom stereocenters. The largest absolute Gasteiger partial charge is 0.444 e. The highest BCUT2D eigenvalue weighted by atomic mass is 16.6. The number of aliphatic hydroxyl groups excluding tert-OH is 2. The first-order chi connectivity index (χ1) is 7.33. The van der Waals surface area contributed by atoms with Gasteiger partial charge < -0.3 is 19.8 Å². The molecule has 1 unspecified atom stereocenters. The summed E-state index contributed by atoms with van der Waals surface area (Å²) < 4.78 is 5.23. The van der Waals surface area contributed by atoms with Gasteiger partial charge in [-0.2, -0.15) is 0 Å². The third kappa shape index (κ3) is 3.64. The van der Waals surface area contributed by atoms with Crippen LogP contribution >= 0.6 is 0 Å². The Morgan fingerprint density at radius 2 is 2.19 bits per heavy atom. The maximum Gasteiger partial charge on any atom is 0.410 e. The van der Waals surface area contributed by atoms with E-state index in [9.17, 15) is 9.90 Å². The molecule has 1 aliphatic heterocycles. The molecule has 1 amide bonds. The van der Waals surface area contributed by atoms with Crippen LogP contribution in [0.5, 0.6) is 0 Å². The van der Waals surface area contributed by atoms with Crippen LogP contribution in [-0.2, 0) is 4.74 Å². The van der Waals surface area contributed by atoms with E-state index in [1.807, 2.05) is 20.8 Å². The zero-order valence-corrected chi connectivity index (χ0v) is 10.1. The minimum absolute atomic E-state index is 0.0440. The predicted molar refractivity (Wildman–Crippen MR) is 59.0 cm³/mol. The maximum atomic E-state index is 11.7. The van der Waals surface area contributed by atoms with Crippen molar-refractivity contribution in [3.8, 4) is 0 Å². The molecule has 0 radical (unpaired) electrons. The van der Waals surface area contributed by atoms with Crippen molar-refractivity contribution in [3.63, 3.8) is 0 Å². The van der Waals surface area contributed by atoms with Crippen molar-refractivity contribution in [1.82, 2.24) is 4.90 Å². The van der Waals surface area contributed by atoms with E-state index in [-0.39, 0.29) is 18.6 Å². The normalized spacial score (nSPS) is 23.3. The second kappa shape index (κ2) is 5.01. The van der Waals surface area contributed by atoms with Gasteiger partial charge >= 0.3 is 6.09 Å². The molecule has 0 bridgehead atoms. The minimum atomic E-state index is -0.743. The standard InChI is InChI=1S/C11H21NO4/c1-11(2,3)16-10(15)12-5-4-8(6-12)9(14)7-13/h8-9,13-14H,4-7H2,1-3H3/t8?,9-/m0/s1. The maximum absolute atomic E-state index is 11.7. The number of rotatable bonds is 2. The van der Waals surface area contributed by atoms with Crippen molar-refractivity contribution < 1.29 is 19.7 Å². The zero-order valence-electron chi connectivity index (χ0n) is 10.1. The van der Waals surface area contributed by atoms with Crippen LogP contribution in [0.4, 0.5) is 4.79 Å². The van der Waals surface area contributed by atoms with E-state index >= 15 is 0 Å². The molecule has 5 heteroatoms. The molecule has 1 aliphatic rings. The molecule has 0 aromatic heterocycles. The lowest BCUT2D eigenvalue weighted by Crippen LogP contribution is -2.36. The average molecular weight is 231 g/mol. The van der Waals surface area contributed by atoms with Gasteiger partial charge in [0.25, 0.3) is 0 Å². The van der Waals surface area contributed by atoms with Gasteiger partial charge in [0.2, 0.25) is 0 Å². The Kier molecular flexibility index (Phi) is 4.15. The number of aliphatic hydroxyl groups is 2. The van der Waals surface area contributed by atoms with Crippen LogP contribution in [0, 0.1) is 5.92 Å². The van der Waals surface area contributed by atoms with E-state index in [2.05, 4.69) is 0 Å². The summed E-state index contributed by atoms with van der Waals surface area (Å²) in [6.07, 6.45) is -0.381. The van der Waals surface area contributed by atoms with E-state index in [4.69, 9.17) is 9.84 Å². The smallest absolute Gasteiger partial charge is 0.410 e. The van der Waals surface area contributed by atoms with Crippen molar-refractivity contribution in [2.24, 2.45) is 5.92 Å². The van der Waals surface area contributed by atoms with Gasteiger partial charge in [-0.1, -0.05) is 0 Å². The number of hydrogen-bond donors (Lipinski definition) is 2. The third-order valence-electron chi connectivity index (χ3n) is 2.61. The fraction of sp³-hybridized carbons (Fsp3) is 0.909. The Morgan fingerprint density at radius 3 is 2.69 bits per heavy atom. The average Bonchev–Trinajstić information content (AvgIpc) is 2.62. The SMILES string of the molecule is CC(C)(C)OC(=O)N1CCC([C@@H](O)CO)C1. The Labute approximate surface area is 96.0 Å². The first kappa shape index (κ1) is 13.3. The monoisotopic (exact) mass is 231 g/mol. The summed E-state index contributed by atoms with van der Waals surface area (Å²) in [5.41, 5.74) is -0.495. The van der Waals surface area contributed by atoms with Crippen molar-refractivity contribution in [2.75, 3.05) is 19.7 Å². The van der Waals surface area contributed by atoms with Crippen LogP contribution in [0.15, 0.2) is 0 Å². The summed E-state index contributed by atoms with van der Waals surface area (Å²) in [6.45, 7) is 6.24. The third-order valence-corrected chi connectivity index (χ3v) is 2.61. The summed E-state index contributed by atoms with van der Waals surface area (Å²) >= 11 is 0. The van der Waals surface area contributed by atoms with Crippen molar-refractivity contribution in [3.05, 3.63) is 0 Å². The van der Waals surface area contributed by atoms with Gasteiger partial charge in [0.05, 0.1) is 12.7 Å². The molecule has 0 saturated carbocycles. The second-order valence-corrected chi connectivity index (χ2v) is 5.23. The van der Waals surface area contributed by atoms with E-state index < -0.39 is 11.7 Å². The lowest BCUT2D eigenvalue weighted by Gasteiger charge is -2.24. The Morgan fingerprint density at radius 1 is 1.56 bits per heavy atom. The number of amides is 1. The molecule has 0 aromatic carbocycles. The lowest BCUT2D eigenvalue weighted by atomic mass is 10.0. The fourth-order valence-electron chi connectivity index (χ4n) is 1.74. The van der Waals surface area contributed by atoms with Gasteiger partial charge in [0, 0.05) is 19.0 Å². The van der Waals surface area contributed by atoms with E-state index in [0.717, 1.165) is 0 Å². The summed E-state index contributed by atoms with van der Waals surface area (Å²) in [4.78, 5) is 13.3. The fourth-order valence-corrected chi connectivity index (χ4v) is 1.74. The van der Waals surface area contributed by atoms with Crippen molar-refractivity contribution in [2.45, 2.75) is 38.9 Å². The zero-order chi connectivity index (χ0) is 12.3. The van der Waals surface area contributed by atoms with E-state index in [0.29, 0.717) is 19.5 Å². The number of likely N-dealkylation sites (tertiary alicyclic amines) is 1. The molecule has 1 heterocycles. The van der Waals surface area contributed by atoms with Gasteiger partial charge in [-0.15, -0.1) is 0 Å². The predicted octanol–water partition coefficient (Wildman–Crippen LogP) is 0.597. The Bertz CT molecular complexity index is 249. The molecule has 94 valence electrons. The molecule has 1 fully saturated rings. The topological polar surface area (TPSA) is 70.0 Å². The Balaban J connectivity index is 2.44. The number of carbonyl (C=O) groups excluding carboxylic acids is 1. The number of hydrogen-bond acceptors (Lipinski definition) is 4. The highest BCUT2D eigenvalue weighted by Gasteiger charge is 2.32. The summed E-state index contributed by atoms with van der Waals surface area (Å²) in [5, 5.41) is 18.3. The second-order valence-electron chi connectivity index (χ2n) is 5.23. The van der Waals surface area contributed by atoms with E-state index in [1.54, 1.807) is 4.90 Å². The van der Waals surface area contributed by atoms with Crippen LogP contribution in [0.2, 0.25) is 0 Å². The van der Waals surface area contributed by atoms with Gasteiger partial charge in [-0.05, 0) is 27.2 Å². The molecule has 16 heavy (non-hydrogen) atoms. The summed E-state index contributed by atoms with van der Waals surface area (Å²) in [5.74, 6) is -0.0440. The van der Waals surface area contributed by atoms with Crippen LogP contribution in [0.3, 0.4) is 0 Å². The first-order valence-corrected chi connectivity index (χ1v) is 5.60. The summed E-state index contributed by atoms with van der Waals surface area (Å²) in [7, 11) is 0. The van der Waals surface area contributed by atoms with Crippen LogP contribution in [0.1, 0.15) is 27.2 Å². The number of nitrogens with zero attached hydrogens (tertiary/aromatic N) is 1.